The molecule has 2 aromatic rings. The number of hydrogen-bond donors (Lipinski definition) is 0. The fraction of sp³-hybridized carbons (Fsp3) is 0.188. The van der Waals surface area contributed by atoms with E-state index in [-0.39, 0.29) is 11.5 Å². The molecule has 1 unspecified atom stereocenters. The second-order valence-corrected chi connectivity index (χ2v) is 5.61. The summed E-state index contributed by atoms with van der Waals surface area (Å²) in [6.45, 7) is -0.556. The van der Waals surface area contributed by atoms with E-state index in [1.165, 1.54) is 17.0 Å². The molecule has 1 heterocycles. The van der Waals surface area contributed by atoms with Gasteiger partial charge in [0.15, 0.2) is 0 Å². The van der Waals surface area contributed by atoms with Gasteiger partial charge < -0.3 is 9.64 Å². The van der Waals surface area contributed by atoms with Crippen LogP contribution in [0.15, 0.2) is 40.9 Å². The van der Waals surface area contributed by atoms with Crippen molar-refractivity contribution in [2.45, 2.75) is 13.1 Å². The van der Waals surface area contributed by atoms with E-state index in [0.717, 1.165) is 11.3 Å². The lowest BCUT2D eigenvalue weighted by molar-refractivity contribution is 0.0766. The maximum atomic E-state index is 13.5. The molecule has 3 rings (SSSR count). The number of nitrogens with zero attached hydrogens (tertiary/aromatic N) is 1. The topological polar surface area (TPSA) is 29.5 Å². The fourth-order valence-electron chi connectivity index (χ4n) is 2.31. The molecule has 1 aliphatic rings. The molecular formula is C16H13BrFNO2. The van der Waals surface area contributed by atoms with E-state index in [2.05, 4.69) is 15.9 Å². The minimum Gasteiger partial charge on any atom is -0.497 e. The molecule has 0 aromatic heterocycles. The first-order chi connectivity index (χ1) is 10.5. The van der Waals surface area contributed by atoms with Crippen LogP contribution in [0.2, 0.25) is 0 Å². The molecule has 1 atom stereocenters. The lowest BCUT2D eigenvalue weighted by Crippen LogP contribution is -2.23. The van der Waals surface area contributed by atoms with Gasteiger partial charge in [-0.1, -0.05) is 28.1 Å². The standard InChI is InChI=1S/C16H13BrFNO2/c1-21-12-4-2-10(3-5-12)8-19-9-14-13(16(19)20)6-11(18)7-15(14)17/h2-7H,8-9H2,1H3/i9D. The molecule has 0 N–H and O–H groups in total. The second-order valence-electron chi connectivity index (χ2n) is 4.76. The van der Waals surface area contributed by atoms with Gasteiger partial charge in [-0.3, -0.25) is 4.79 Å². The first-order valence-corrected chi connectivity index (χ1v) is 7.15. The molecule has 3 nitrogen and oxygen atoms in total. The number of carbonyl (C=O) groups is 1. The normalized spacial score (nSPS) is 17.7. The van der Waals surface area contributed by atoms with E-state index >= 15 is 0 Å². The zero-order chi connectivity index (χ0) is 15.9. The molecule has 1 amide bonds. The third kappa shape index (κ3) is 2.65. The maximum Gasteiger partial charge on any atom is 0.254 e. The van der Waals surface area contributed by atoms with Gasteiger partial charge >= 0.3 is 0 Å². The maximum absolute atomic E-state index is 13.5. The molecule has 0 saturated carbocycles. The molecule has 0 aliphatic carbocycles. The summed E-state index contributed by atoms with van der Waals surface area (Å²) in [5, 5.41) is 0. The zero-order valence-corrected chi connectivity index (χ0v) is 12.9. The Morgan fingerprint density at radius 2 is 2.10 bits per heavy atom. The predicted molar refractivity (Wildman–Crippen MR) is 80.7 cm³/mol. The second kappa shape index (κ2) is 5.48. The van der Waals surface area contributed by atoms with Gasteiger partial charge in [0.25, 0.3) is 5.91 Å². The first-order valence-electron chi connectivity index (χ1n) is 6.94. The Labute approximate surface area is 131 Å². The number of halogens is 2. The molecule has 1 aliphatic heterocycles. The van der Waals surface area contributed by atoms with E-state index in [4.69, 9.17) is 6.11 Å². The Morgan fingerprint density at radius 3 is 2.76 bits per heavy atom. The average molecular weight is 351 g/mol. The van der Waals surface area contributed by atoms with Crippen molar-refractivity contribution in [3.05, 3.63) is 63.4 Å². The van der Waals surface area contributed by atoms with Crippen molar-refractivity contribution in [1.29, 1.82) is 0 Å². The molecule has 0 bridgehead atoms. The van der Waals surface area contributed by atoms with E-state index in [1.807, 2.05) is 12.1 Å². The van der Waals surface area contributed by atoms with Crippen LogP contribution < -0.4 is 4.74 Å². The van der Waals surface area contributed by atoms with Crippen LogP contribution in [0.4, 0.5) is 4.39 Å². The van der Waals surface area contributed by atoms with Crippen LogP contribution in [0.5, 0.6) is 5.75 Å². The summed E-state index contributed by atoms with van der Waals surface area (Å²) in [4.78, 5) is 13.8. The minimum atomic E-state index is -0.848. The van der Waals surface area contributed by atoms with E-state index < -0.39 is 12.3 Å². The number of rotatable bonds is 3. The summed E-state index contributed by atoms with van der Waals surface area (Å²) in [5.41, 5.74) is 1.65. The van der Waals surface area contributed by atoms with Crippen molar-refractivity contribution >= 4 is 21.8 Å². The van der Waals surface area contributed by atoms with Gasteiger partial charge in [0.05, 0.1) is 8.48 Å². The molecule has 0 radical (unpaired) electrons. The van der Waals surface area contributed by atoms with Crippen LogP contribution in [0, 0.1) is 5.82 Å². The monoisotopic (exact) mass is 350 g/mol. The van der Waals surface area contributed by atoms with Crippen LogP contribution in [-0.2, 0) is 13.1 Å². The minimum absolute atomic E-state index is 0.250. The van der Waals surface area contributed by atoms with Crippen LogP contribution in [0.1, 0.15) is 22.9 Å². The summed E-state index contributed by atoms with van der Waals surface area (Å²) in [7, 11) is 1.58. The number of benzene rings is 2. The SMILES string of the molecule is [2H]C1c2c(Br)cc(F)cc2C(=O)N1Cc1ccc(OC)cc1. The first kappa shape index (κ1) is 12.8. The molecule has 0 saturated heterocycles. The molecular weight excluding hydrogens is 337 g/mol. The van der Waals surface area contributed by atoms with Gasteiger partial charge in [-0.05, 0) is 35.4 Å². The summed E-state index contributed by atoms with van der Waals surface area (Å²) in [5.74, 6) is -0.0875. The van der Waals surface area contributed by atoms with Gasteiger partial charge in [-0.25, -0.2) is 4.39 Å². The smallest absolute Gasteiger partial charge is 0.254 e. The summed E-state index contributed by atoms with van der Waals surface area (Å²) in [6, 6.07) is 9.77. The molecule has 2 aromatic carbocycles. The van der Waals surface area contributed by atoms with Crippen molar-refractivity contribution < 1.29 is 15.3 Å². The van der Waals surface area contributed by atoms with Crippen molar-refractivity contribution in [2.24, 2.45) is 0 Å². The van der Waals surface area contributed by atoms with Crippen molar-refractivity contribution in [2.75, 3.05) is 7.11 Å². The van der Waals surface area contributed by atoms with Crippen LogP contribution in [0.3, 0.4) is 0 Å². The van der Waals surface area contributed by atoms with Crippen LogP contribution in [0.25, 0.3) is 0 Å². The third-order valence-electron chi connectivity index (χ3n) is 3.38. The quantitative estimate of drug-likeness (QED) is 0.843. The largest absolute Gasteiger partial charge is 0.497 e. The van der Waals surface area contributed by atoms with Gasteiger partial charge in [0, 0.05) is 23.1 Å². The van der Waals surface area contributed by atoms with Crippen LogP contribution in [-0.4, -0.2) is 17.9 Å². The summed E-state index contributed by atoms with van der Waals surface area (Å²) < 4.78 is 27.3. The highest BCUT2D eigenvalue weighted by atomic mass is 79.9. The highest BCUT2D eigenvalue weighted by Crippen LogP contribution is 2.31. The molecule has 5 heteroatoms. The van der Waals surface area contributed by atoms with Gasteiger partial charge in [-0.15, -0.1) is 0 Å². The van der Waals surface area contributed by atoms with Crippen molar-refractivity contribution in [3.63, 3.8) is 0 Å². The number of ether oxygens (including phenoxy) is 1. The Kier molecular flexibility index (Phi) is 3.35. The Bertz CT molecular complexity index is 736. The zero-order valence-electron chi connectivity index (χ0n) is 12.3. The molecule has 0 fully saturated rings. The Balaban J connectivity index is 1.90. The van der Waals surface area contributed by atoms with Gasteiger partial charge in [0.1, 0.15) is 11.6 Å². The molecule has 0 spiro atoms. The van der Waals surface area contributed by atoms with E-state index in [0.29, 0.717) is 16.6 Å². The van der Waals surface area contributed by atoms with E-state index in [1.54, 1.807) is 19.2 Å². The van der Waals surface area contributed by atoms with Crippen molar-refractivity contribution in [1.82, 2.24) is 4.90 Å². The number of carbonyl (C=O) groups excluding carboxylic acids is 1. The van der Waals surface area contributed by atoms with Gasteiger partial charge in [0.2, 0.25) is 0 Å². The highest BCUT2D eigenvalue weighted by Gasteiger charge is 2.29. The highest BCUT2D eigenvalue weighted by molar-refractivity contribution is 9.10. The average Bonchev–Trinajstić information content (AvgIpc) is 2.73. The predicted octanol–water partition coefficient (Wildman–Crippen LogP) is 3.75. The van der Waals surface area contributed by atoms with Gasteiger partial charge in [-0.2, -0.15) is 0 Å². The lowest BCUT2D eigenvalue weighted by atomic mass is 10.1. The Morgan fingerprint density at radius 1 is 1.38 bits per heavy atom. The molecule has 21 heavy (non-hydrogen) atoms. The third-order valence-corrected chi connectivity index (χ3v) is 4.04. The van der Waals surface area contributed by atoms with E-state index in [9.17, 15) is 9.18 Å². The summed E-state index contributed by atoms with van der Waals surface area (Å²) >= 11 is 3.24. The number of hydrogen-bond acceptors (Lipinski definition) is 2. The van der Waals surface area contributed by atoms with Crippen LogP contribution >= 0.6 is 15.9 Å². The molecule has 108 valence electrons. The number of methoxy groups -OCH3 is 1. The summed E-state index contributed by atoms with van der Waals surface area (Å²) in [6.07, 6.45) is 0. The fourth-order valence-corrected chi connectivity index (χ4v) is 2.84. The Hall–Kier alpha value is -1.88. The number of fused-ring (bicyclic) bond motifs is 1. The van der Waals surface area contributed by atoms with Crippen molar-refractivity contribution in [3.8, 4) is 5.75 Å². The lowest BCUT2D eigenvalue weighted by Gasteiger charge is -2.15. The number of amides is 1.